The van der Waals surface area contributed by atoms with E-state index < -0.39 is 10.9 Å². The van der Waals surface area contributed by atoms with Gasteiger partial charge in [0, 0.05) is 25.1 Å². The average molecular weight is 240 g/mol. The first-order valence-electron chi connectivity index (χ1n) is 5.07. The Labute approximate surface area is 96.5 Å². The van der Waals surface area contributed by atoms with Crippen molar-refractivity contribution >= 4 is 11.7 Å². The van der Waals surface area contributed by atoms with Crippen molar-refractivity contribution in [2.24, 2.45) is 0 Å². The van der Waals surface area contributed by atoms with Crippen LogP contribution in [0.5, 0.6) is 0 Å². The number of hydrogen-bond acceptors (Lipinski definition) is 4. The number of nitro groups is 1. The molecule has 0 aromatic carbocycles. The van der Waals surface area contributed by atoms with E-state index in [1.807, 2.05) is 0 Å². The summed E-state index contributed by atoms with van der Waals surface area (Å²) in [6.07, 6.45) is 2.13. The molecule has 1 heterocycles. The molecule has 7 nitrogen and oxygen atoms in total. The van der Waals surface area contributed by atoms with E-state index in [1.165, 1.54) is 10.8 Å². The van der Waals surface area contributed by atoms with Crippen molar-refractivity contribution in [3.05, 3.63) is 38.8 Å². The molecule has 7 heteroatoms. The number of hydrogen-bond donors (Lipinski definition) is 1. The molecule has 0 fully saturated rings. The molecule has 1 rings (SSSR count). The monoisotopic (exact) mass is 240 g/mol. The molecule has 0 spiro atoms. The van der Waals surface area contributed by atoms with Gasteiger partial charge in [0.05, 0.1) is 11.1 Å². The van der Waals surface area contributed by atoms with E-state index in [1.54, 1.807) is 0 Å². The normalized spacial score (nSPS) is 10.1. The third-order valence-corrected chi connectivity index (χ3v) is 2.22. The van der Waals surface area contributed by atoms with Crippen LogP contribution in [0, 0.1) is 10.1 Å². The van der Waals surface area contributed by atoms with Gasteiger partial charge in [0.25, 0.3) is 11.2 Å². The Balaban J connectivity index is 2.64. The number of unbranched alkanes of at least 4 members (excludes halogenated alkanes) is 1. The van der Waals surface area contributed by atoms with E-state index in [9.17, 15) is 19.7 Å². The van der Waals surface area contributed by atoms with Crippen molar-refractivity contribution in [1.82, 2.24) is 4.57 Å². The summed E-state index contributed by atoms with van der Waals surface area (Å²) in [7, 11) is 0. The fraction of sp³-hybridized carbons (Fsp3) is 0.400. The summed E-state index contributed by atoms with van der Waals surface area (Å²) in [6, 6.07) is 2.28. The third-order valence-electron chi connectivity index (χ3n) is 2.22. The maximum Gasteiger partial charge on any atom is 0.303 e. The molecule has 1 aromatic heterocycles. The van der Waals surface area contributed by atoms with Crippen molar-refractivity contribution in [2.45, 2.75) is 25.8 Å². The van der Waals surface area contributed by atoms with Gasteiger partial charge in [-0.2, -0.15) is 0 Å². The first-order valence-corrected chi connectivity index (χ1v) is 5.07. The number of aliphatic carboxylic acids is 1. The first kappa shape index (κ1) is 12.9. The standard InChI is InChI=1S/C10H12N2O5/c13-9-5-4-8(12(16)17)7-11(9)6-2-1-3-10(14)15/h4-5,7H,1-3,6H2,(H,14,15). The van der Waals surface area contributed by atoms with Crippen molar-refractivity contribution in [1.29, 1.82) is 0 Å². The molecule has 0 amide bonds. The van der Waals surface area contributed by atoms with E-state index in [0.717, 1.165) is 12.1 Å². The molecule has 0 saturated heterocycles. The molecule has 0 bridgehead atoms. The van der Waals surface area contributed by atoms with Crippen LogP contribution in [0.25, 0.3) is 0 Å². The molecule has 1 N–H and O–H groups in total. The van der Waals surface area contributed by atoms with Crippen LogP contribution in [0.4, 0.5) is 5.69 Å². The Hall–Kier alpha value is -2.18. The smallest absolute Gasteiger partial charge is 0.303 e. The minimum atomic E-state index is -0.892. The van der Waals surface area contributed by atoms with Gasteiger partial charge in [-0.25, -0.2) is 0 Å². The molecule has 1 aromatic rings. The molecule has 0 atom stereocenters. The highest BCUT2D eigenvalue weighted by molar-refractivity contribution is 5.66. The third kappa shape index (κ3) is 4.06. The lowest BCUT2D eigenvalue weighted by atomic mass is 10.2. The topological polar surface area (TPSA) is 102 Å². The Bertz CT molecular complexity index is 480. The number of carboxylic acids is 1. The summed E-state index contributed by atoms with van der Waals surface area (Å²) in [6.45, 7) is 0.286. The quantitative estimate of drug-likeness (QED) is 0.454. The van der Waals surface area contributed by atoms with Gasteiger partial charge < -0.3 is 9.67 Å². The second kappa shape index (κ2) is 5.78. The number of rotatable bonds is 6. The van der Waals surface area contributed by atoms with Crippen LogP contribution in [0.2, 0.25) is 0 Å². The molecular formula is C10H12N2O5. The predicted octanol–water partition coefficient (Wildman–Crippen LogP) is 1.01. The second-order valence-corrected chi connectivity index (χ2v) is 3.53. The fourth-order valence-electron chi connectivity index (χ4n) is 1.36. The highest BCUT2D eigenvalue weighted by atomic mass is 16.6. The van der Waals surface area contributed by atoms with Gasteiger partial charge in [-0.1, -0.05) is 0 Å². The van der Waals surface area contributed by atoms with Gasteiger partial charge in [-0.3, -0.25) is 19.7 Å². The van der Waals surface area contributed by atoms with Crippen molar-refractivity contribution in [3.8, 4) is 0 Å². The van der Waals surface area contributed by atoms with E-state index in [2.05, 4.69) is 0 Å². The lowest BCUT2D eigenvalue weighted by molar-refractivity contribution is -0.385. The molecule has 0 aliphatic carbocycles. The largest absolute Gasteiger partial charge is 0.481 e. The average Bonchev–Trinajstić information content (AvgIpc) is 2.25. The van der Waals surface area contributed by atoms with E-state index >= 15 is 0 Å². The van der Waals surface area contributed by atoms with Crippen LogP contribution in [0.1, 0.15) is 19.3 Å². The zero-order valence-corrected chi connectivity index (χ0v) is 9.04. The zero-order chi connectivity index (χ0) is 12.8. The van der Waals surface area contributed by atoms with Gasteiger partial charge in [-0.05, 0) is 12.8 Å². The maximum atomic E-state index is 11.3. The fourth-order valence-corrected chi connectivity index (χ4v) is 1.36. The van der Waals surface area contributed by atoms with Gasteiger partial charge in [-0.15, -0.1) is 0 Å². The Morgan fingerprint density at radius 2 is 2.12 bits per heavy atom. The molecular weight excluding hydrogens is 228 g/mol. The molecule has 92 valence electrons. The maximum absolute atomic E-state index is 11.3. The minimum absolute atomic E-state index is 0.0314. The molecule has 0 radical (unpaired) electrons. The number of nitrogens with zero attached hydrogens (tertiary/aromatic N) is 2. The molecule has 17 heavy (non-hydrogen) atoms. The number of carboxylic acid groups (broad SMARTS) is 1. The van der Waals surface area contributed by atoms with Crippen LogP contribution in [-0.4, -0.2) is 20.6 Å². The van der Waals surface area contributed by atoms with E-state index in [4.69, 9.17) is 5.11 Å². The molecule has 0 saturated carbocycles. The Morgan fingerprint density at radius 1 is 1.41 bits per heavy atom. The highest BCUT2D eigenvalue weighted by Crippen LogP contribution is 2.07. The number of carbonyl (C=O) groups is 1. The lowest BCUT2D eigenvalue weighted by Gasteiger charge is -2.03. The number of aryl methyl sites for hydroxylation is 1. The highest BCUT2D eigenvalue weighted by Gasteiger charge is 2.07. The summed E-state index contributed by atoms with van der Waals surface area (Å²) < 4.78 is 1.22. The molecule has 0 unspecified atom stereocenters. The van der Waals surface area contributed by atoms with E-state index in [-0.39, 0.29) is 24.2 Å². The zero-order valence-electron chi connectivity index (χ0n) is 9.04. The van der Waals surface area contributed by atoms with Crippen molar-refractivity contribution in [2.75, 3.05) is 0 Å². The number of aromatic nitrogens is 1. The van der Waals surface area contributed by atoms with Crippen LogP contribution in [0.3, 0.4) is 0 Å². The minimum Gasteiger partial charge on any atom is -0.481 e. The van der Waals surface area contributed by atoms with Gasteiger partial charge in [0.15, 0.2) is 0 Å². The number of pyridine rings is 1. The first-order chi connectivity index (χ1) is 8.00. The summed E-state index contributed by atoms with van der Waals surface area (Å²) in [5.41, 5.74) is -0.478. The van der Waals surface area contributed by atoms with Gasteiger partial charge in [0.2, 0.25) is 0 Å². The summed E-state index contributed by atoms with van der Waals surface area (Å²) in [5.74, 6) is -0.892. The summed E-state index contributed by atoms with van der Waals surface area (Å²) in [4.78, 5) is 31.5. The van der Waals surface area contributed by atoms with Crippen LogP contribution in [-0.2, 0) is 11.3 Å². The summed E-state index contributed by atoms with van der Waals surface area (Å²) in [5, 5.41) is 18.9. The van der Waals surface area contributed by atoms with Crippen LogP contribution >= 0.6 is 0 Å². The summed E-state index contributed by atoms with van der Waals surface area (Å²) >= 11 is 0. The Morgan fingerprint density at radius 3 is 2.71 bits per heavy atom. The Kier molecular flexibility index (Phi) is 4.38. The molecule has 0 aliphatic heterocycles. The predicted molar refractivity (Wildman–Crippen MR) is 58.8 cm³/mol. The van der Waals surface area contributed by atoms with Crippen molar-refractivity contribution < 1.29 is 14.8 Å². The SMILES string of the molecule is O=C(O)CCCCn1cc([N+](=O)[O-])ccc1=O. The van der Waals surface area contributed by atoms with Crippen molar-refractivity contribution in [3.63, 3.8) is 0 Å². The lowest BCUT2D eigenvalue weighted by Crippen LogP contribution is -2.18. The van der Waals surface area contributed by atoms with Gasteiger partial charge >= 0.3 is 5.97 Å². The van der Waals surface area contributed by atoms with Gasteiger partial charge in [0.1, 0.15) is 0 Å². The molecule has 0 aliphatic rings. The van der Waals surface area contributed by atoms with E-state index in [0.29, 0.717) is 12.8 Å². The van der Waals surface area contributed by atoms with Crippen LogP contribution < -0.4 is 5.56 Å². The second-order valence-electron chi connectivity index (χ2n) is 3.53. The van der Waals surface area contributed by atoms with Crippen LogP contribution in [0.15, 0.2) is 23.1 Å².